The molecule has 0 amide bonds. The molecular weight excluding hydrogens is 364 g/mol. The van der Waals surface area contributed by atoms with Crippen molar-refractivity contribution in [3.05, 3.63) is 47.9 Å². The van der Waals surface area contributed by atoms with Crippen LogP contribution in [-0.2, 0) is 21.4 Å². The van der Waals surface area contributed by atoms with E-state index in [2.05, 4.69) is 9.97 Å². The summed E-state index contributed by atoms with van der Waals surface area (Å²) in [4.78, 5) is 13.3. The largest absolute Gasteiger partial charge is 0.462 e. The van der Waals surface area contributed by atoms with Crippen LogP contribution in [0.15, 0.2) is 41.8 Å². The number of fused-ring (bicyclic) bond motifs is 3. The average molecular weight is 397 g/mol. The molecule has 3 aliphatic rings. The van der Waals surface area contributed by atoms with Crippen LogP contribution in [0, 0.1) is 11.3 Å². The Kier molecular flexibility index (Phi) is 3.40. The lowest BCUT2D eigenvalue weighted by atomic mass is 9.59. The van der Waals surface area contributed by atoms with Crippen LogP contribution >= 0.6 is 0 Å². The van der Waals surface area contributed by atoms with Gasteiger partial charge in [0.15, 0.2) is 0 Å². The summed E-state index contributed by atoms with van der Waals surface area (Å²) in [6.07, 6.45) is 7.15. The summed E-state index contributed by atoms with van der Waals surface area (Å²) in [6, 6.07) is 5.81. The van der Waals surface area contributed by atoms with Crippen molar-refractivity contribution in [3.63, 3.8) is 0 Å². The molecule has 0 radical (unpaired) electrons. The van der Waals surface area contributed by atoms with E-state index in [-0.39, 0.29) is 18.0 Å². The summed E-state index contributed by atoms with van der Waals surface area (Å²) in [5.74, 6) is 0.00671. The zero-order valence-electron chi connectivity index (χ0n) is 20.7. The van der Waals surface area contributed by atoms with E-state index >= 15 is 0 Å². The van der Waals surface area contributed by atoms with Crippen molar-refractivity contribution in [2.24, 2.45) is 22.1 Å². The summed E-state index contributed by atoms with van der Waals surface area (Å²) in [5, 5.41) is 0. The predicted octanol–water partition coefficient (Wildman–Crippen LogP) is 3.45. The van der Waals surface area contributed by atoms with Crippen LogP contribution in [0.1, 0.15) is 49.7 Å². The predicted molar refractivity (Wildman–Crippen MR) is 111 cm³/mol. The normalized spacial score (nSPS) is 37.2. The molecule has 6 nitrogen and oxygen atoms in total. The highest BCUT2D eigenvalue weighted by atomic mass is 16.5. The lowest BCUT2D eigenvalue weighted by Crippen LogP contribution is -2.48. The van der Waals surface area contributed by atoms with Crippen molar-refractivity contribution >= 4 is 6.02 Å². The van der Waals surface area contributed by atoms with Crippen molar-refractivity contribution in [1.29, 1.82) is 0 Å². The number of rotatable bonds is 3. The fourth-order valence-corrected chi connectivity index (χ4v) is 5.50. The molecule has 1 saturated carbocycles. The molecule has 152 valence electrons. The molecule has 2 aliphatic carbocycles. The SMILES string of the molecule is [2H]C([2H])(C)O[C@@H]1CC[C@]2(Cc3ccc(-c4cnccn4)cc3[C@]23N=C(N)OC3([2H])[2H])C[C@H]1C. The third-order valence-corrected chi connectivity index (χ3v) is 6.76. The highest BCUT2D eigenvalue weighted by Crippen LogP contribution is 2.62. The van der Waals surface area contributed by atoms with Gasteiger partial charge < -0.3 is 15.2 Å². The van der Waals surface area contributed by atoms with Gasteiger partial charge in [0.1, 0.15) is 12.1 Å². The molecule has 2 spiro atoms. The van der Waals surface area contributed by atoms with Crippen LogP contribution in [0.2, 0.25) is 0 Å². The number of hydrogen-bond acceptors (Lipinski definition) is 6. The molecule has 1 aromatic carbocycles. The molecule has 1 aliphatic heterocycles. The van der Waals surface area contributed by atoms with Crippen molar-refractivity contribution in [1.82, 2.24) is 9.97 Å². The Morgan fingerprint density at radius 3 is 3.00 bits per heavy atom. The van der Waals surface area contributed by atoms with E-state index in [1.54, 1.807) is 18.6 Å². The molecule has 0 unspecified atom stereocenters. The Bertz CT molecular complexity index is 1110. The van der Waals surface area contributed by atoms with E-state index in [0.717, 1.165) is 16.7 Å². The number of amidine groups is 1. The molecule has 1 fully saturated rings. The van der Waals surface area contributed by atoms with Crippen LogP contribution in [0.4, 0.5) is 0 Å². The second-order valence-corrected chi connectivity index (χ2v) is 8.36. The molecule has 4 atom stereocenters. The molecule has 6 heteroatoms. The van der Waals surface area contributed by atoms with Gasteiger partial charge in [-0.05, 0) is 55.7 Å². The van der Waals surface area contributed by atoms with Gasteiger partial charge in [-0.25, -0.2) is 4.99 Å². The fourth-order valence-electron chi connectivity index (χ4n) is 5.50. The maximum Gasteiger partial charge on any atom is 0.283 e. The second-order valence-electron chi connectivity index (χ2n) is 8.36. The van der Waals surface area contributed by atoms with Gasteiger partial charge in [-0.1, -0.05) is 19.1 Å². The van der Waals surface area contributed by atoms with E-state index in [1.807, 2.05) is 25.1 Å². The second kappa shape index (κ2) is 6.80. The van der Waals surface area contributed by atoms with Crippen molar-refractivity contribution < 1.29 is 15.0 Å². The smallest absolute Gasteiger partial charge is 0.283 e. The van der Waals surface area contributed by atoms with Gasteiger partial charge in [-0.3, -0.25) is 9.97 Å². The minimum Gasteiger partial charge on any atom is -0.462 e. The molecule has 1 aromatic heterocycles. The number of hydrogen-bond donors (Lipinski definition) is 1. The van der Waals surface area contributed by atoms with E-state index < -0.39 is 24.1 Å². The maximum absolute atomic E-state index is 8.92. The summed E-state index contributed by atoms with van der Waals surface area (Å²) < 4.78 is 44.7. The summed E-state index contributed by atoms with van der Waals surface area (Å²) >= 11 is 0. The molecule has 0 bridgehead atoms. The standard InChI is InChI=1S/C23H28N4O2/c1-3-28-20-6-7-22(11-15(20)2)12-17-5-4-16(19-13-25-8-9-26-19)10-18(17)23(22)14-29-21(24)27-23/h4-5,8-10,13,15,20H,3,6-7,11-12,14H2,1-2H3,(H2,24,27)/t15-,20-,22-,23+/m1/s1/i3D2,14D2. The summed E-state index contributed by atoms with van der Waals surface area (Å²) in [5.41, 5.74) is 7.45. The first kappa shape index (κ1) is 14.5. The zero-order valence-corrected chi connectivity index (χ0v) is 16.7. The number of aliphatic imine (C=N–C) groups is 1. The number of ether oxygens (including phenoxy) is 2. The summed E-state index contributed by atoms with van der Waals surface area (Å²) in [6.45, 7) is -0.397. The highest BCUT2D eigenvalue weighted by Gasteiger charge is 2.62. The van der Waals surface area contributed by atoms with E-state index in [9.17, 15) is 0 Å². The van der Waals surface area contributed by atoms with Gasteiger partial charge in [-0.2, -0.15) is 0 Å². The Hall–Kier alpha value is -2.47. The molecule has 2 heterocycles. The third kappa shape index (κ3) is 2.76. The Morgan fingerprint density at radius 2 is 2.31 bits per heavy atom. The first-order valence-electron chi connectivity index (χ1n) is 12.1. The fraction of sp³-hybridized carbons (Fsp3) is 0.522. The quantitative estimate of drug-likeness (QED) is 0.859. The van der Waals surface area contributed by atoms with Gasteiger partial charge in [0.2, 0.25) is 0 Å². The Labute approximate surface area is 177 Å². The van der Waals surface area contributed by atoms with Gasteiger partial charge >= 0.3 is 0 Å². The van der Waals surface area contributed by atoms with Crippen LogP contribution < -0.4 is 5.73 Å². The summed E-state index contributed by atoms with van der Waals surface area (Å²) in [7, 11) is 0. The lowest BCUT2D eigenvalue weighted by Gasteiger charge is -2.48. The molecule has 2 aromatic rings. The molecule has 5 rings (SSSR count). The van der Waals surface area contributed by atoms with Crippen LogP contribution in [-0.4, -0.2) is 35.2 Å². The van der Waals surface area contributed by atoms with E-state index in [1.165, 1.54) is 6.92 Å². The van der Waals surface area contributed by atoms with Gasteiger partial charge in [-0.15, -0.1) is 0 Å². The van der Waals surface area contributed by atoms with Crippen molar-refractivity contribution in [3.8, 4) is 11.3 Å². The monoisotopic (exact) mass is 396 g/mol. The maximum atomic E-state index is 8.92. The number of nitrogens with two attached hydrogens (primary N) is 1. The molecule has 0 saturated heterocycles. The van der Waals surface area contributed by atoms with Gasteiger partial charge in [0, 0.05) is 29.9 Å². The molecule has 29 heavy (non-hydrogen) atoms. The number of benzene rings is 1. The minimum atomic E-state index is -2.13. The van der Waals surface area contributed by atoms with Crippen molar-refractivity contribution in [2.75, 3.05) is 13.1 Å². The van der Waals surface area contributed by atoms with E-state index in [4.69, 9.17) is 25.7 Å². The van der Waals surface area contributed by atoms with Crippen LogP contribution in [0.25, 0.3) is 11.3 Å². The zero-order chi connectivity index (χ0) is 23.6. The Morgan fingerprint density at radius 1 is 1.41 bits per heavy atom. The van der Waals surface area contributed by atoms with E-state index in [0.29, 0.717) is 31.4 Å². The first-order chi connectivity index (χ1) is 15.5. The van der Waals surface area contributed by atoms with Crippen LogP contribution in [0.3, 0.4) is 0 Å². The third-order valence-electron chi connectivity index (χ3n) is 6.76. The topological polar surface area (TPSA) is 82.6 Å². The van der Waals surface area contributed by atoms with Gasteiger partial charge in [0.25, 0.3) is 6.02 Å². The Balaban J connectivity index is 1.62. The molecular formula is C23H28N4O2. The van der Waals surface area contributed by atoms with Crippen molar-refractivity contribution in [2.45, 2.75) is 51.2 Å². The molecule has 2 N–H and O–H groups in total. The van der Waals surface area contributed by atoms with Gasteiger partial charge in [0.05, 0.1) is 23.5 Å². The first-order valence-corrected chi connectivity index (χ1v) is 10.1. The average Bonchev–Trinajstić information content (AvgIpc) is 3.14. The number of aromatic nitrogens is 2. The minimum absolute atomic E-state index is 0.00671. The van der Waals surface area contributed by atoms with Crippen LogP contribution in [0.5, 0.6) is 0 Å². The lowest BCUT2D eigenvalue weighted by molar-refractivity contribution is -0.0588. The number of nitrogens with zero attached hydrogens (tertiary/aromatic N) is 3. The highest BCUT2D eigenvalue weighted by molar-refractivity contribution is 5.75.